The van der Waals surface area contributed by atoms with Gasteiger partial charge in [0.05, 0.1) is 15.9 Å². The Kier molecular flexibility index (Phi) is 4.90. The van der Waals surface area contributed by atoms with Crippen molar-refractivity contribution in [3.05, 3.63) is 15.9 Å². The molecule has 0 bridgehead atoms. The number of thioether (sulfide) groups is 1. The second-order valence-electron chi connectivity index (χ2n) is 4.95. The molecule has 100 valence electrons. The predicted molar refractivity (Wildman–Crippen MR) is 79.0 cm³/mol. The van der Waals surface area contributed by atoms with Crippen LogP contribution >= 0.6 is 27.7 Å². The summed E-state index contributed by atoms with van der Waals surface area (Å²) < 4.78 is 2.80. The van der Waals surface area contributed by atoms with Crippen LogP contribution in [0.5, 0.6) is 0 Å². The van der Waals surface area contributed by atoms with E-state index in [2.05, 4.69) is 21.0 Å². The van der Waals surface area contributed by atoms with E-state index in [4.69, 9.17) is 0 Å². The summed E-state index contributed by atoms with van der Waals surface area (Å²) in [4.78, 5) is 12.1. The minimum Gasteiger partial charge on any atom is -0.299 e. The number of aryl methyl sites for hydroxylation is 2. The van der Waals surface area contributed by atoms with Crippen molar-refractivity contribution in [2.45, 2.75) is 32.6 Å². The van der Waals surface area contributed by atoms with Crippen LogP contribution in [0.15, 0.2) is 4.47 Å². The highest BCUT2D eigenvalue weighted by Crippen LogP contribution is 2.27. The maximum absolute atomic E-state index is 12.1. The van der Waals surface area contributed by atoms with Crippen LogP contribution in [0.4, 0.5) is 0 Å². The Labute approximate surface area is 121 Å². The molecule has 0 unspecified atom stereocenters. The molecular weight excluding hydrogens is 312 g/mol. The van der Waals surface area contributed by atoms with Crippen molar-refractivity contribution in [2.75, 3.05) is 11.5 Å². The van der Waals surface area contributed by atoms with E-state index in [1.165, 1.54) is 24.3 Å². The fraction of sp³-hybridized carbons (Fsp3) is 0.692. The van der Waals surface area contributed by atoms with Crippen molar-refractivity contribution < 1.29 is 4.79 Å². The fourth-order valence-electron chi connectivity index (χ4n) is 2.40. The zero-order valence-electron chi connectivity index (χ0n) is 10.9. The number of halogens is 1. The number of Topliss-reactive ketones (excluding diaryl/α,β-unsaturated/α-hetero) is 1. The van der Waals surface area contributed by atoms with Gasteiger partial charge in [0.15, 0.2) is 0 Å². The number of hydrogen-bond donors (Lipinski definition) is 0. The number of rotatable bonds is 4. The maximum atomic E-state index is 12.1. The summed E-state index contributed by atoms with van der Waals surface area (Å²) >= 11 is 5.52. The Morgan fingerprint density at radius 3 is 2.72 bits per heavy atom. The van der Waals surface area contributed by atoms with Gasteiger partial charge < -0.3 is 0 Å². The molecule has 1 fully saturated rings. The van der Waals surface area contributed by atoms with Gasteiger partial charge in [-0.25, -0.2) is 0 Å². The van der Waals surface area contributed by atoms with Gasteiger partial charge in [-0.1, -0.05) is 0 Å². The van der Waals surface area contributed by atoms with Crippen LogP contribution < -0.4 is 0 Å². The first-order valence-electron chi connectivity index (χ1n) is 6.35. The van der Waals surface area contributed by atoms with Gasteiger partial charge in [0, 0.05) is 19.9 Å². The normalized spacial score (nSPS) is 17.1. The number of ketones is 1. The van der Waals surface area contributed by atoms with Crippen molar-refractivity contribution in [2.24, 2.45) is 13.0 Å². The molecule has 1 aromatic rings. The number of aromatic nitrogens is 2. The molecule has 18 heavy (non-hydrogen) atoms. The van der Waals surface area contributed by atoms with Crippen molar-refractivity contribution >= 4 is 33.5 Å². The molecule has 0 amide bonds. The third kappa shape index (κ3) is 3.38. The van der Waals surface area contributed by atoms with Crippen LogP contribution in [-0.2, 0) is 18.3 Å². The van der Waals surface area contributed by atoms with Crippen LogP contribution in [0, 0.1) is 12.8 Å². The summed E-state index contributed by atoms with van der Waals surface area (Å²) in [5, 5.41) is 4.32. The first kappa shape index (κ1) is 14.1. The third-order valence-corrected chi connectivity index (χ3v) is 5.56. The molecule has 2 heterocycles. The highest BCUT2D eigenvalue weighted by Gasteiger charge is 2.20. The van der Waals surface area contributed by atoms with Gasteiger partial charge in [-0.15, -0.1) is 0 Å². The van der Waals surface area contributed by atoms with E-state index in [1.54, 1.807) is 0 Å². The van der Waals surface area contributed by atoms with Crippen LogP contribution in [0.2, 0.25) is 0 Å². The molecule has 1 saturated heterocycles. The number of nitrogens with zero attached hydrogens (tertiary/aromatic N) is 2. The van der Waals surface area contributed by atoms with Crippen molar-refractivity contribution in [1.29, 1.82) is 0 Å². The van der Waals surface area contributed by atoms with E-state index in [9.17, 15) is 4.79 Å². The average molecular weight is 331 g/mol. The van der Waals surface area contributed by atoms with E-state index >= 15 is 0 Å². The molecule has 1 aliphatic rings. The molecule has 0 aromatic carbocycles. The maximum Gasteiger partial charge on any atom is 0.139 e. The molecule has 1 aliphatic heterocycles. The second-order valence-corrected chi connectivity index (χ2v) is 6.96. The Morgan fingerprint density at radius 2 is 2.17 bits per heavy atom. The zero-order chi connectivity index (χ0) is 13.1. The summed E-state index contributed by atoms with van der Waals surface area (Å²) in [6.07, 6.45) is 3.63. The van der Waals surface area contributed by atoms with E-state index in [0.29, 0.717) is 18.1 Å². The number of hydrogen-bond acceptors (Lipinski definition) is 3. The van der Waals surface area contributed by atoms with Crippen LogP contribution in [0.25, 0.3) is 0 Å². The van der Waals surface area contributed by atoms with Crippen LogP contribution in [0.3, 0.4) is 0 Å². The lowest BCUT2D eigenvalue weighted by atomic mass is 9.95. The summed E-state index contributed by atoms with van der Waals surface area (Å²) in [5.41, 5.74) is 1.96. The largest absolute Gasteiger partial charge is 0.299 e. The fourth-order valence-corrected chi connectivity index (χ4v) is 4.08. The number of carbonyl (C=O) groups is 1. The monoisotopic (exact) mass is 330 g/mol. The standard InChI is InChI=1S/C13H19BrN2OS/c1-9-13(14)12(16(2)15-9)8-11(17)7-10-3-5-18-6-4-10/h10H,3-8H2,1-2H3. The topological polar surface area (TPSA) is 34.9 Å². The van der Waals surface area contributed by atoms with Gasteiger partial charge >= 0.3 is 0 Å². The molecule has 0 radical (unpaired) electrons. The molecule has 0 aliphatic carbocycles. The molecule has 0 N–H and O–H groups in total. The zero-order valence-corrected chi connectivity index (χ0v) is 13.3. The Morgan fingerprint density at radius 1 is 1.50 bits per heavy atom. The lowest BCUT2D eigenvalue weighted by molar-refractivity contribution is -0.119. The second kappa shape index (κ2) is 6.24. The minimum atomic E-state index is 0.343. The minimum absolute atomic E-state index is 0.343. The SMILES string of the molecule is Cc1nn(C)c(CC(=O)CC2CCSCC2)c1Br. The highest BCUT2D eigenvalue weighted by atomic mass is 79.9. The summed E-state index contributed by atoms with van der Waals surface area (Å²) in [5.74, 6) is 3.38. The first-order valence-corrected chi connectivity index (χ1v) is 8.30. The molecule has 5 heteroatoms. The van der Waals surface area contributed by atoms with Gasteiger partial charge in [-0.05, 0) is 53.1 Å². The molecule has 0 saturated carbocycles. The molecule has 2 rings (SSSR count). The van der Waals surface area contributed by atoms with Gasteiger partial charge in [-0.3, -0.25) is 9.48 Å². The van der Waals surface area contributed by atoms with E-state index < -0.39 is 0 Å². The van der Waals surface area contributed by atoms with Gasteiger partial charge in [0.25, 0.3) is 0 Å². The van der Waals surface area contributed by atoms with E-state index in [1.807, 2.05) is 30.4 Å². The highest BCUT2D eigenvalue weighted by molar-refractivity contribution is 9.10. The smallest absolute Gasteiger partial charge is 0.139 e. The van der Waals surface area contributed by atoms with Crippen molar-refractivity contribution in [3.8, 4) is 0 Å². The summed E-state index contributed by atoms with van der Waals surface area (Å²) in [6.45, 7) is 1.95. The quantitative estimate of drug-likeness (QED) is 0.850. The first-order chi connectivity index (χ1) is 8.58. The molecular formula is C13H19BrN2OS. The van der Waals surface area contributed by atoms with E-state index in [-0.39, 0.29) is 0 Å². The molecule has 3 nitrogen and oxygen atoms in total. The molecule has 0 spiro atoms. The Bertz CT molecular complexity index is 438. The van der Waals surface area contributed by atoms with Gasteiger partial charge in [0.2, 0.25) is 0 Å². The Hall–Kier alpha value is -0.290. The summed E-state index contributed by atoms with van der Waals surface area (Å²) in [7, 11) is 1.90. The lowest BCUT2D eigenvalue weighted by Crippen LogP contribution is -2.16. The summed E-state index contributed by atoms with van der Waals surface area (Å²) in [6, 6.07) is 0. The third-order valence-electron chi connectivity index (χ3n) is 3.48. The van der Waals surface area contributed by atoms with Gasteiger partial charge in [0.1, 0.15) is 5.78 Å². The van der Waals surface area contributed by atoms with Crippen LogP contribution in [0.1, 0.15) is 30.7 Å². The number of carbonyl (C=O) groups excluding carboxylic acids is 1. The van der Waals surface area contributed by atoms with Crippen molar-refractivity contribution in [3.63, 3.8) is 0 Å². The molecule has 1 aromatic heterocycles. The van der Waals surface area contributed by atoms with Crippen LogP contribution in [-0.4, -0.2) is 27.1 Å². The van der Waals surface area contributed by atoms with Gasteiger partial charge in [-0.2, -0.15) is 16.9 Å². The Balaban J connectivity index is 1.94. The lowest BCUT2D eigenvalue weighted by Gasteiger charge is -2.20. The predicted octanol–water partition coefficient (Wildman–Crippen LogP) is 3.14. The molecule has 0 atom stereocenters. The average Bonchev–Trinajstić information content (AvgIpc) is 2.57. The van der Waals surface area contributed by atoms with Crippen molar-refractivity contribution in [1.82, 2.24) is 9.78 Å². The van der Waals surface area contributed by atoms with E-state index in [0.717, 1.165) is 22.3 Å².